The van der Waals surface area contributed by atoms with Gasteiger partial charge in [0.1, 0.15) is 0 Å². The number of nitrogens with zero attached hydrogens (tertiary/aromatic N) is 1. The molecule has 1 aromatic heterocycles. The normalized spacial score (nSPS) is 17.0. The van der Waals surface area contributed by atoms with Crippen LogP contribution in [0.1, 0.15) is 43.6 Å². The number of ether oxygens (including phenoxy) is 1. The standard InChI is InChI=1S/C18H22ClNO2/c1-20-11-16(14-10-13(19)7-8-17(14)20)15(18(21)22-2)9-12-5-3-4-6-12/h7-8,10-12,15H,3-6,9H2,1-2H3. The van der Waals surface area contributed by atoms with E-state index in [4.69, 9.17) is 16.3 Å². The molecule has 0 aliphatic heterocycles. The number of esters is 1. The molecular weight excluding hydrogens is 298 g/mol. The van der Waals surface area contributed by atoms with Crippen LogP contribution in [-0.4, -0.2) is 17.6 Å². The quantitative estimate of drug-likeness (QED) is 0.767. The average Bonchev–Trinajstić information content (AvgIpc) is 3.12. The van der Waals surface area contributed by atoms with Crippen LogP contribution in [0.5, 0.6) is 0 Å². The van der Waals surface area contributed by atoms with Gasteiger partial charge in [-0.2, -0.15) is 0 Å². The Hall–Kier alpha value is -1.48. The van der Waals surface area contributed by atoms with Crippen LogP contribution in [-0.2, 0) is 16.6 Å². The molecular formula is C18H22ClNO2. The zero-order chi connectivity index (χ0) is 15.7. The third-order valence-corrected chi connectivity index (χ3v) is 5.12. The molecule has 1 aliphatic carbocycles. The number of carbonyl (C=O) groups is 1. The fourth-order valence-corrected chi connectivity index (χ4v) is 3.92. The third-order valence-electron chi connectivity index (χ3n) is 4.89. The summed E-state index contributed by atoms with van der Waals surface area (Å²) in [5.74, 6) is 0.285. The van der Waals surface area contributed by atoms with Crippen molar-refractivity contribution in [2.24, 2.45) is 13.0 Å². The van der Waals surface area contributed by atoms with Crippen molar-refractivity contribution >= 4 is 28.5 Å². The summed E-state index contributed by atoms with van der Waals surface area (Å²) in [5.41, 5.74) is 2.14. The predicted molar refractivity (Wildman–Crippen MR) is 89.3 cm³/mol. The number of halogens is 1. The molecule has 1 aromatic carbocycles. The highest BCUT2D eigenvalue weighted by Gasteiger charge is 2.29. The van der Waals surface area contributed by atoms with Crippen LogP contribution in [0.15, 0.2) is 24.4 Å². The predicted octanol–water partition coefficient (Wildman–Crippen LogP) is 4.67. The van der Waals surface area contributed by atoms with Crippen LogP contribution < -0.4 is 0 Å². The van der Waals surface area contributed by atoms with Crippen molar-refractivity contribution in [3.05, 3.63) is 35.0 Å². The Kier molecular flexibility index (Phi) is 4.44. The minimum atomic E-state index is -0.199. The lowest BCUT2D eigenvalue weighted by Gasteiger charge is -2.18. The molecule has 2 aromatic rings. The van der Waals surface area contributed by atoms with Gasteiger partial charge in [0.25, 0.3) is 0 Å². The van der Waals surface area contributed by atoms with Crippen LogP contribution in [0.2, 0.25) is 5.02 Å². The summed E-state index contributed by atoms with van der Waals surface area (Å²) in [6.45, 7) is 0. The van der Waals surface area contributed by atoms with E-state index in [0.717, 1.165) is 22.9 Å². The van der Waals surface area contributed by atoms with Gasteiger partial charge in [-0.1, -0.05) is 37.3 Å². The first kappa shape index (κ1) is 15.4. The molecule has 22 heavy (non-hydrogen) atoms. The Morgan fingerprint density at radius 1 is 1.41 bits per heavy atom. The fourth-order valence-electron chi connectivity index (χ4n) is 3.74. The Labute approximate surface area is 136 Å². The highest BCUT2D eigenvalue weighted by molar-refractivity contribution is 6.31. The number of fused-ring (bicyclic) bond motifs is 1. The molecule has 0 radical (unpaired) electrons. The summed E-state index contributed by atoms with van der Waals surface area (Å²) >= 11 is 6.16. The van der Waals surface area contributed by atoms with Crippen LogP contribution in [0.3, 0.4) is 0 Å². The first-order valence-corrected chi connectivity index (χ1v) is 8.30. The second-order valence-corrected chi connectivity index (χ2v) is 6.76. The average molecular weight is 320 g/mol. The molecule has 0 amide bonds. The van der Waals surface area contributed by atoms with E-state index >= 15 is 0 Å². The van der Waals surface area contributed by atoms with Gasteiger partial charge in [0.05, 0.1) is 13.0 Å². The topological polar surface area (TPSA) is 31.2 Å². The van der Waals surface area contributed by atoms with Crippen molar-refractivity contribution < 1.29 is 9.53 Å². The largest absolute Gasteiger partial charge is 0.469 e. The maximum atomic E-state index is 12.4. The molecule has 1 unspecified atom stereocenters. The van der Waals surface area contributed by atoms with Crippen LogP contribution in [0, 0.1) is 5.92 Å². The number of hydrogen-bond donors (Lipinski definition) is 0. The first-order valence-electron chi connectivity index (χ1n) is 7.92. The summed E-state index contributed by atoms with van der Waals surface area (Å²) in [5, 5.41) is 1.76. The summed E-state index contributed by atoms with van der Waals surface area (Å²) in [4.78, 5) is 12.4. The van der Waals surface area contributed by atoms with Gasteiger partial charge in [-0.3, -0.25) is 4.79 Å². The number of hydrogen-bond acceptors (Lipinski definition) is 2. The second-order valence-electron chi connectivity index (χ2n) is 6.32. The van der Waals surface area contributed by atoms with Crippen molar-refractivity contribution in [2.75, 3.05) is 7.11 Å². The Morgan fingerprint density at radius 2 is 2.14 bits per heavy atom. The van der Waals surface area contributed by atoms with E-state index in [0.29, 0.717) is 10.9 Å². The van der Waals surface area contributed by atoms with Gasteiger partial charge >= 0.3 is 5.97 Å². The summed E-state index contributed by atoms with van der Waals surface area (Å²) in [7, 11) is 3.48. The van der Waals surface area contributed by atoms with Crippen molar-refractivity contribution in [1.82, 2.24) is 4.57 Å². The van der Waals surface area contributed by atoms with E-state index in [1.54, 1.807) is 0 Å². The highest BCUT2D eigenvalue weighted by atomic mass is 35.5. The number of carbonyl (C=O) groups excluding carboxylic acids is 1. The van der Waals surface area contributed by atoms with E-state index in [-0.39, 0.29) is 11.9 Å². The summed E-state index contributed by atoms with van der Waals surface area (Å²) in [6, 6.07) is 5.85. The molecule has 1 saturated carbocycles. The number of rotatable bonds is 4. The van der Waals surface area contributed by atoms with Gasteiger partial charge in [-0.05, 0) is 36.1 Å². The van der Waals surface area contributed by atoms with Crippen LogP contribution >= 0.6 is 11.6 Å². The van der Waals surface area contributed by atoms with E-state index < -0.39 is 0 Å². The monoisotopic (exact) mass is 319 g/mol. The van der Waals surface area contributed by atoms with Gasteiger partial charge in [0.15, 0.2) is 0 Å². The van der Waals surface area contributed by atoms with E-state index in [9.17, 15) is 4.79 Å². The van der Waals surface area contributed by atoms with Crippen molar-refractivity contribution in [3.63, 3.8) is 0 Å². The Bertz CT molecular complexity index is 686. The lowest BCUT2D eigenvalue weighted by Crippen LogP contribution is -2.17. The molecule has 0 N–H and O–H groups in total. The molecule has 1 heterocycles. The molecule has 0 spiro atoms. The van der Waals surface area contributed by atoms with Gasteiger partial charge in [-0.25, -0.2) is 0 Å². The van der Waals surface area contributed by atoms with Gasteiger partial charge in [-0.15, -0.1) is 0 Å². The SMILES string of the molecule is COC(=O)C(CC1CCCC1)c1cn(C)c2ccc(Cl)cc12. The van der Waals surface area contributed by atoms with E-state index in [2.05, 4.69) is 10.8 Å². The van der Waals surface area contributed by atoms with Crippen LogP contribution in [0.25, 0.3) is 10.9 Å². The number of aryl methyl sites for hydroxylation is 1. The minimum Gasteiger partial charge on any atom is -0.469 e. The zero-order valence-electron chi connectivity index (χ0n) is 13.1. The molecule has 1 aliphatic rings. The summed E-state index contributed by atoms with van der Waals surface area (Å²) < 4.78 is 7.15. The number of methoxy groups -OCH3 is 1. The van der Waals surface area contributed by atoms with E-state index in [1.807, 2.05) is 25.2 Å². The molecule has 1 fully saturated rings. The number of aromatic nitrogens is 1. The molecule has 1 atom stereocenters. The number of benzene rings is 1. The minimum absolute atomic E-state index is 0.139. The zero-order valence-corrected chi connectivity index (χ0v) is 13.9. The highest BCUT2D eigenvalue weighted by Crippen LogP contribution is 2.38. The lowest BCUT2D eigenvalue weighted by molar-refractivity contribution is -0.142. The van der Waals surface area contributed by atoms with Gasteiger partial charge in [0.2, 0.25) is 0 Å². The fraction of sp³-hybridized carbons (Fsp3) is 0.500. The van der Waals surface area contributed by atoms with Crippen LogP contribution in [0.4, 0.5) is 0 Å². The maximum absolute atomic E-state index is 12.4. The smallest absolute Gasteiger partial charge is 0.313 e. The molecule has 3 nitrogen and oxygen atoms in total. The Balaban J connectivity index is 2.02. The second kappa shape index (κ2) is 6.33. The summed E-state index contributed by atoms with van der Waals surface area (Å²) in [6.07, 6.45) is 7.92. The Morgan fingerprint density at radius 3 is 2.82 bits per heavy atom. The van der Waals surface area contributed by atoms with Crippen molar-refractivity contribution in [2.45, 2.75) is 38.0 Å². The van der Waals surface area contributed by atoms with Crippen molar-refractivity contribution in [3.8, 4) is 0 Å². The molecule has 3 rings (SSSR count). The molecule has 118 valence electrons. The molecule has 4 heteroatoms. The van der Waals surface area contributed by atoms with Gasteiger partial charge in [0, 0.05) is 29.2 Å². The lowest BCUT2D eigenvalue weighted by atomic mass is 9.88. The maximum Gasteiger partial charge on any atom is 0.313 e. The third kappa shape index (κ3) is 2.87. The van der Waals surface area contributed by atoms with Gasteiger partial charge < -0.3 is 9.30 Å². The van der Waals surface area contributed by atoms with E-state index in [1.165, 1.54) is 32.8 Å². The molecule has 0 bridgehead atoms. The van der Waals surface area contributed by atoms with Crippen molar-refractivity contribution in [1.29, 1.82) is 0 Å². The molecule has 0 saturated heterocycles. The first-order chi connectivity index (χ1) is 10.6.